The third-order valence-electron chi connectivity index (χ3n) is 8.55. The van der Waals surface area contributed by atoms with Crippen LogP contribution >= 0.6 is 45.9 Å². The lowest BCUT2D eigenvalue weighted by molar-refractivity contribution is 0.0599. The van der Waals surface area contributed by atoms with Gasteiger partial charge in [0.05, 0.1) is 69.8 Å². The van der Waals surface area contributed by atoms with E-state index in [1.807, 2.05) is 0 Å². The number of methoxy groups -OCH3 is 5. The summed E-state index contributed by atoms with van der Waals surface area (Å²) in [5, 5.41) is 12.6. The van der Waals surface area contributed by atoms with Gasteiger partial charge in [0.1, 0.15) is 32.8 Å². The Balaban J connectivity index is 0.000000231. The standard InChI is InChI=1S/C20H19ClN2O6S2.C19H17ClN2O6S2/c1-27-15-6-4-14(17(11-15)28-2)12-23(20-22-8-9-30-20)31(25,26)18-7-5-13(10-16(18)21)19(24)29-3;1-27-14-5-3-13(16(10-14)28-2)11-22(19-21-7-8-29-19)30(25,26)17-6-4-12(18(23)24)9-15(17)20/h4-11H,12H2,1-3H3;3-10H,11H2,1-2H3,(H,23,24). The van der Waals surface area contributed by atoms with Crippen LogP contribution in [0.5, 0.6) is 23.0 Å². The summed E-state index contributed by atoms with van der Waals surface area (Å²) in [6.07, 6.45) is 3.00. The number of hydrogen-bond acceptors (Lipinski definition) is 15. The van der Waals surface area contributed by atoms with Crippen molar-refractivity contribution in [3.05, 3.63) is 128 Å². The second kappa shape index (κ2) is 20.3. The van der Waals surface area contributed by atoms with Crippen LogP contribution in [-0.2, 0) is 37.9 Å². The van der Waals surface area contributed by atoms with Crippen LogP contribution in [0.3, 0.4) is 0 Å². The zero-order chi connectivity index (χ0) is 44.5. The summed E-state index contributed by atoms with van der Waals surface area (Å²) in [5.41, 5.74) is 1.21. The molecule has 0 unspecified atom stereocenters. The summed E-state index contributed by atoms with van der Waals surface area (Å²) in [4.78, 5) is 30.8. The summed E-state index contributed by atoms with van der Waals surface area (Å²) in [7, 11) is -1.06. The lowest BCUT2D eigenvalue weighted by atomic mass is 10.2. The van der Waals surface area contributed by atoms with Crippen LogP contribution in [-0.4, -0.2) is 79.4 Å². The lowest BCUT2D eigenvalue weighted by Gasteiger charge is -2.23. The van der Waals surface area contributed by atoms with E-state index in [0.717, 1.165) is 37.4 Å². The molecule has 61 heavy (non-hydrogen) atoms. The number of carboxylic acid groups (broad SMARTS) is 1. The molecule has 2 aromatic heterocycles. The smallest absolute Gasteiger partial charge is 0.337 e. The van der Waals surface area contributed by atoms with Gasteiger partial charge in [0.25, 0.3) is 20.0 Å². The zero-order valence-corrected chi connectivity index (χ0v) is 37.5. The molecule has 322 valence electrons. The molecule has 0 atom stereocenters. The Morgan fingerprint density at radius 1 is 0.623 bits per heavy atom. The highest BCUT2D eigenvalue weighted by atomic mass is 35.5. The highest BCUT2D eigenvalue weighted by molar-refractivity contribution is 7.93. The van der Waals surface area contributed by atoms with Gasteiger partial charge >= 0.3 is 11.9 Å². The molecule has 22 heteroatoms. The molecule has 0 aliphatic carbocycles. The molecule has 0 saturated heterocycles. The van der Waals surface area contributed by atoms with E-state index in [1.54, 1.807) is 47.2 Å². The van der Waals surface area contributed by atoms with Crippen molar-refractivity contribution in [2.45, 2.75) is 22.9 Å². The van der Waals surface area contributed by atoms with Gasteiger partial charge in [0.2, 0.25) is 0 Å². The van der Waals surface area contributed by atoms with Crippen molar-refractivity contribution in [2.24, 2.45) is 0 Å². The molecular weight excluding hydrogens is 916 g/mol. The minimum Gasteiger partial charge on any atom is -0.497 e. The third-order valence-corrected chi connectivity index (χ3v) is 14.8. The lowest BCUT2D eigenvalue weighted by Crippen LogP contribution is -2.31. The van der Waals surface area contributed by atoms with Crippen LogP contribution in [0.25, 0.3) is 0 Å². The number of anilines is 2. The van der Waals surface area contributed by atoms with Gasteiger partial charge in [-0.05, 0) is 60.7 Å². The fourth-order valence-corrected chi connectivity index (χ4v) is 11.1. The topological polar surface area (TPSA) is 201 Å². The van der Waals surface area contributed by atoms with Crippen molar-refractivity contribution in [1.82, 2.24) is 9.97 Å². The Morgan fingerprint density at radius 2 is 1.05 bits per heavy atom. The van der Waals surface area contributed by atoms with Crippen molar-refractivity contribution >= 4 is 88.1 Å². The second-order valence-electron chi connectivity index (χ2n) is 12.1. The maximum Gasteiger partial charge on any atom is 0.337 e. The first-order valence-corrected chi connectivity index (χ1v) is 22.7. The molecule has 4 aromatic carbocycles. The summed E-state index contributed by atoms with van der Waals surface area (Å²) >= 11 is 14.7. The number of esters is 1. The molecule has 0 saturated carbocycles. The largest absolute Gasteiger partial charge is 0.497 e. The number of aromatic carboxylic acids is 1. The van der Waals surface area contributed by atoms with Crippen LogP contribution in [0.15, 0.2) is 106 Å². The van der Waals surface area contributed by atoms with Crippen molar-refractivity contribution in [3.63, 3.8) is 0 Å². The Kier molecular flexibility index (Phi) is 15.4. The van der Waals surface area contributed by atoms with Crippen molar-refractivity contribution in [3.8, 4) is 23.0 Å². The highest BCUT2D eigenvalue weighted by Gasteiger charge is 2.32. The Morgan fingerprint density at radius 3 is 1.39 bits per heavy atom. The Bertz CT molecular complexity index is 2720. The molecule has 0 fully saturated rings. The van der Waals surface area contributed by atoms with Crippen LogP contribution in [0.1, 0.15) is 31.8 Å². The molecule has 16 nitrogen and oxygen atoms in total. The first-order chi connectivity index (χ1) is 29.1. The molecule has 0 aliphatic heterocycles. The molecule has 0 spiro atoms. The number of halogens is 2. The molecule has 0 bridgehead atoms. The average molecular weight is 952 g/mol. The molecule has 6 rings (SSSR count). The van der Waals surface area contributed by atoms with E-state index >= 15 is 0 Å². The van der Waals surface area contributed by atoms with Crippen molar-refractivity contribution in [2.75, 3.05) is 44.2 Å². The van der Waals surface area contributed by atoms with Gasteiger partial charge in [-0.15, -0.1) is 22.7 Å². The average Bonchev–Trinajstić information content (AvgIpc) is 4.00. The summed E-state index contributed by atoms with van der Waals surface area (Å²) in [6.45, 7) is -0.141. The summed E-state index contributed by atoms with van der Waals surface area (Å²) in [5.74, 6) is 0.213. The number of sulfonamides is 2. The van der Waals surface area contributed by atoms with Gasteiger partial charge in [-0.25, -0.2) is 45.0 Å². The van der Waals surface area contributed by atoms with Crippen LogP contribution in [0.2, 0.25) is 10.0 Å². The SMILES string of the molecule is COC(=O)c1ccc(S(=O)(=O)N(Cc2ccc(OC)cc2OC)c2nccs2)c(Cl)c1.COc1ccc(CN(c2nccs2)S(=O)(=O)c2ccc(C(=O)O)cc2Cl)c(OC)c1. The number of carbonyl (C=O) groups excluding carboxylic acids is 1. The summed E-state index contributed by atoms with van der Waals surface area (Å²) < 4.78 is 82.1. The van der Waals surface area contributed by atoms with Gasteiger partial charge in [-0.3, -0.25) is 0 Å². The number of nitrogens with zero attached hydrogens (tertiary/aromatic N) is 4. The number of carbonyl (C=O) groups is 2. The number of thiazole rings is 2. The first-order valence-electron chi connectivity index (χ1n) is 17.3. The maximum absolute atomic E-state index is 13.6. The number of aromatic nitrogens is 2. The molecule has 2 heterocycles. The predicted octanol–water partition coefficient (Wildman–Crippen LogP) is 7.90. The fraction of sp³-hybridized carbons (Fsp3) is 0.179. The Hall–Kier alpha value is -5.64. The molecule has 0 aliphatic rings. The van der Waals surface area contributed by atoms with E-state index in [0.29, 0.717) is 34.1 Å². The van der Waals surface area contributed by atoms with Gasteiger partial charge in [-0.1, -0.05) is 23.2 Å². The maximum atomic E-state index is 13.6. The van der Waals surface area contributed by atoms with Crippen LogP contribution in [0, 0.1) is 0 Å². The van der Waals surface area contributed by atoms with Crippen LogP contribution in [0.4, 0.5) is 10.3 Å². The van der Waals surface area contributed by atoms with Gasteiger partial charge < -0.3 is 28.8 Å². The Labute approximate surface area is 369 Å². The normalized spacial score (nSPS) is 11.1. The summed E-state index contributed by atoms with van der Waals surface area (Å²) in [6, 6.07) is 17.5. The molecular formula is C39H36Cl2N4O12S4. The number of rotatable bonds is 16. The van der Waals surface area contributed by atoms with Gasteiger partial charge in [0, 0.05) is 46.4 Å². The second-order valence-corrected chi connectivity index (χ2v) is 18.3. The highest BCUT2D eigenvalue weighted by Crippen LogP contribution is 2.36. The van der Waals surface area contributed by atoms with Crippen molar-refractivity contribution < 1.29 is 55.2 Å². The quantitative estimate of drug-likeness (QED) is 0.0918. The van der Waals surface area contributed by atoms with E-state index in [9.17, 15) is 26.4 Å². The molecule has 1 N–H and O–H groups in total. The molecule has 0 radical (unpaired) electrons. The van der Waals surface area contributed by atoms with E-state index in [4.69, 9.17) is 47.3 Å². The third kappa shape index (κ3) is 10.6. The minimum absolute atomic E-state index is 0.0574. The fourth-order valence-electron chi connectivity index (χ4n) is 5.50. The van der Waals surface area contributed by atoms with Crippen LogP contribution < -0.4 is 27.6 Å². The van der Waals surface area contributed by atoms with Crippen molar-refractivity contribution in [1.29, 1.82) is 0 Å². The molecule has 0 amide bonds. The van der Waals surface area contributed by atoms with Gasteiger partial charge in [0.15, 0.2) is 10.3 Å². The number of carboxylic acids is 1. The number of ether oxygens (including phenoxy) is 5. The molecule has 6 aromatic rings. The first kappa shape index (κ1) is 46.4. The van der Waals surface area contributed by atoms with Gasteiger partial charge in [-0.2, -0.15) is 0 Å². The predicted molar refractivity (Wildman–Crippen MR) is 231 cm³/mol. The number of hydrogen-bond donors (Lipinski definition) is 1. The zero-order valence-electron chi connectivity index (χ0n) is 32.8. The minimum atomic E-state index is -4.17. The monoisotopic (exact) mass is 950 g/mol. The van der Waals surface area contributed by atoms with E-state index in [1.165, 1.54) is 78.3 Å². The number of benzene rings is 4. The van der Waals surface area contributed by atoms with E-state index in [-0.39, 0.29) is 54.3 Å². The van der Waals surface area contributed by atoms with E-state index in [2.05, 4.69) is 14.7 Å². The van der Waals surface area contributed by atoms with E-state index < -0.39 is 32.0 Å².